The third-order valence-electron chi connectivity index (χ3n) is 1.98. The van der Waals surface area contributed by atoms with Crippen molar-refractivity contribution in [1.82, 2.24) is 10.2 Å². The van der Waals surface area contributed by atoms with E-state index in [1.807, 2.05) is 0 Å². The summed E-state index contributed by atoms with van der Waals surface area (Å²) in [4.78, 5) is 23.5. The third-order valence-corrected chi connectivity index (χ3v) is 1.98. The second kappa shape index (κ2) is 6.72. The molecule has 5 heteroatoms. The van der Waals surface area contributed by atoms with Crippen LogP contribution in [0.2, 0.25) is 0 Å². The molecule has 2 N–H and O–H groups in total. The van der Waals surface area contributed by atoms with Crippen molar-refractivity contribution in [2.45, 2.75) is 39.3 Å². The molecule has 1 atom stereocenters. The number of amides is 2. The summed E-state index contributed by atoms with van der Waals surface area (Å²) in [5.41, 5.74) is 0. The Hall–Kier alpha value is -1.70. The first-order chi connectivity index (χ1) is 7.38. The first kappa shape index (κ1) is 14.3. The number of carbonyl (C=O) groups is 2. The fraction of sp³-hybridized carbons (Fsp3) is 0.636. The molecular weight excluding hydrogens is 208 g/mol. The van der Waals surface area contributed by atoms with E-state index in [0.717, 1.165) is 0 Å². The normalized spacial score (nSPS) is 11.7. The molecule has 0 aliphatic heterocycles. The Balaban J connectivity index is 4.39. The number of urea groups is 1. The van der Waals surface area contributed by atoms with Crippen LogP contribution in [0, 0.1) is 12.3 Å². The maximum atomic E-state index is 11.7. The van der Waals surface area contributed by atoms with Gasteiger partial charge in [-0.25, -0.2) is 4.79 Å². The van der Waals surface area contributed by atoms with Gasteiger partial charge in [0.05, 0.1) is 0 Å². The number of rotatable bonds is 5. The monoisotopic (exact) mass is 226 g/mol. The summed E-state index contributed by atoms with van der Waals surface area (Å²) >= 11 is 0. The second-order valence-corrected chi connectivity index (χ2v) is 3.87. The summed E-state index contributed by atoms with van der Waals surface area (Å²) < 4.78 is 0. The number of terminal acetylenes is 1. The highest BCUT2D eigenvalue weighted by atomic mass is 16.4. The molecule has 90 valence electrons. The van der Waals surface area contributed by atoms with Crippen LogP contribution in [0.25, 0.3) is 0 Å². The zero-order chi connectivity index (χ0) is 12.7. The number of hydrogen-bond acceptors (Lipinski definition) is 2. The Bertz CT molecular complexity index is 294. The second-order valence-electron chi connectivity index (χ2n) is 3.87. The molecule has 0 saturated heterocycles. The number of carboxylic acids is 1. The average Bonchev–Trinajstić information content (AvgIpc) is 2.13. The van der Waals surface area contributed by atoms with Crippen molar-refractivity contribution in [3.05, 3.63) is 0 Å². The van der Waals surface area contributed by atoms with Crippen LogP contribution in [0.4, 0.5) is 4.79 Å². The van der Waals surface area contributed by atoms with Gasteiger partial charge < -0.3 is 15.3 Å². The van der Waals surface area contributed by atoms with Gasteiger partial charge in [-0.2, -0.15) is 0 Å². The minimum Gasteiger partial charge on any atom is -0.480 e. The molecule has 0 radical (unpaired) electrons. The highest BCUT2D eigenvalue weighted by molar-refractivity contribution is 5.80. The van der Waals surface area contributed by atoms with Crippen molar-refractivity contribution in [3.63, 3.8) is 0 Å². The van der Waals surface area contributed by atoms with Crippen molar-refractivity contribution < 1.29 is 14.7 Å². The molecule has 1 unspecified atom stereocenters. The number of hydrogen-bond donors (Lipinski definition) is 2. The molecule has 0 aliphatic carbocycles. The van der Waals surface area contributed by atoms with E-state index in [1.54, 1.807) is 20.8 Å². The molecular formula is C11H18N2O3. The molecule has 16 heavy (non-hydrogen) atoms. The summed E-state index contributed by atoms with van der Waals surface area (Å²) in [5, 5.41) is 11.3. The van der Waals surface area contributed by atoms with Gasteiger partial charge in [0.1, 0.15) is 6.54 Å². The molecule has 0 rings (SSSR count). The Kier molecular flexibility index (Phi) is 6.01. The quantitative estimate of drug-likeness (QED) is 0.684. The van der Waals surface area contributed by atoms with E-state index in [1.165, 1.54) is 4.90 Å². The van der Waals surface area contributed by atoms with E-state index in [0.29, 0.717) is 6.42 Å². The smallest absolute Gasteiger partial charge is 0.323 e. The number of nitrogens with one attached hydrogen (secondary N) is 1. The van der Waals surface area contributed by atoms with E-state index in [2.05, 4.69) is 11.2 Å². The third kappa shape index (κ3) is 5.25. The van der Waals surface area contributed by atoms with Crippen LogP contribution in [0.1, 0.15) is 27.2 Å². The zero-order valence-corrected chi connectivity index (χ0v) is 9.86. The van der Waals surface area contributed by atoms with Gasteiger partial charge in [-0.3, -0.25) is 4.79 Å². The van der Waals surface area contributed by atoms with Crippen LogP contribution < -0.4 is 5.32 Å². The van der Waals surface area contributed by atoms with Crippen molar-refractivity contribution in [3.8, 4) is 12.3 Å². The molecule has 0 heterocycles. The molecule has 0 saturated carbocycles. The number of carbonyl (C=O) groups excluding carboxylic acids is 1. The van der Waals surface area contributed by atoms with Crippen LogP contribution in [0.15, 0.2) is 0 Å². The topological polar surface area (TPSA) is 69.6 Å². The van der Waals surface area contributed by atoms with E-state index in [9.17, 15) is 9.59 Å². The Morgan fingerprint density at radius 3 is 2.38 bits per heavy atom. The molecule has 0 spiro atoms. The summed E-state index contributed by atoms with van der Waals surface area (Å²) in [6.07, 6.45) is 5.53. The van der Waals surface area contributed by atoms with E-state index < -0.39 is 12.0 Å². The predicted octanol–water partition coefficient (Wildman–Crippen LogP) is 0.903. The maximum absolute atomic E-state index is 11.7. The average molecular weight is 226 g/mol. The van der Waals surface area contributed by atoms with E-state index >= 15 is 0 Å². The molecule has 0 aromatic rings. The lowest BCUT2D eigenvalue weighted by Gasteiger charge is -2.26. The van der Waals surface area contributed by atoms with Crippen molar-refractivity contribution >= 4 is 12.0 Å². The number of aliphatic carboxylic acids is 1. The fourth-order valence-corrected chi connectivity index (χ4v) is 1.16. The summed E-state index contributed by atoms with van der Waals surface area (Å²) in [6.45, 7) is 4.98. The lowest BCUT2D eigenvalue weighted by atomic mass is 10.2. The van der Waals surface area contributed by atoms with Gasteiger partial charge in [0.2, 0.25) is 0 Å². The Morgan fingerprint density at radius 2 is 2.00 bits per heavy atom. The van der Waals surface area contributed by atoms with Crippen LogP contribution in [-0.4, -0.2) is 40.6 Å². The fourth-order valence-electron chi connectivity index (χ4n) is 1.16. The first-order valence-electron chi connectivity index (χ1n) is 5.10. The molecule has 2 amide bonds. The Morgan fingerprint density at radius 1 is 1.44 bits per heavy atom. The first-order valence-corrected chi connectivity index (χ1v) is 5.10. The maximum Gasteiger partial charge on any atom is 0.323 e. The van der Waals surface area contributed by atoms with Crippen molar-refractivity contribution in [2.75, 3.05) is 6.54 Å². The lowest BCUT2D eigenvalue weighted by molar-refractivity contribution is -0.138. The summed E-state index contributed by atoms with van der Waals surface area (Å²) in [5.74, 6) is 1.40. The predicted molar refractivity (Wildman–Crippen MR) is 60.9 cm³/mol. The lowest BCUT2D eigenvalue weighted by Crippen LogP contribution is -2.48. The summed E-state index contributed by atoms with van der Waals surface area (Å²) in [7, 11) is 0. The summed E-state index contributed by atoms with van der Waals surface area (Å²) in [6, 6.07) is -0.734. The highest BCUT2D eigenvalue weighted by Gasteiger charge is 2.20. The van der Waals surface area contributed by atoms with Gasteiger partial charge in [-0.1, -0.05) is 0 Å². The number of nitrogens with zero attached hydrogens (tertiary/aromatic N) is 1. The van der Waals surface area contributed by atoms with Gasteiger partial charge in [-0.05, 0) is 20.8 Å². The highest BCUT2D eigenvalue weighted by Crippen LogP contribution is 2.00. The Labute approximate surface area is 95.8 Å². The van der Waals surface area contributed by atoms with Gasteiger partial charge in [0, 0.05) is 18.5 Å². The molecule has 0 aromatic carbocycles. The molecule has 0 fully saturated rings. The van der Waals surface area contributed by atoms with Crippen LogP contribution >= 0.6 is 0 Å². The van der Waals surface area contributed by atoms with Crippen LogP contribution in [0.3, 0.4) is 0 Å². The SMILES string of the molecule is C#CCC(C)NC(=O)N(CC(=O)O)C(C)C. The minimum absolute atomic E-state index is 0.160. The standard InChI is InChI=1S/C11H18N2O3/c1-5-6-9(4)12-11(16)13(8(2)3)7-10(14)15/h1,8-9H,6-7H2,2-4H3,(H,12,16)(H,14,15). The van der Waals surface area contributed by atoms with Gasteiger partial charge in [0.25, 0.3) is 0 Å². The van der Waals surface area contributed by atoms with Crippen molar-refractivity contribution in [1.29, 1.82) is 0 Å². The van der Waals surface area contributed by atoms with Gasteiger partial charge in [-0.15, -0.1) is 12.3 Å². The van der Waals surface area contributed by atoms with Crippen LogP contribution in [0.5, 0.6) is 0 Å². The van der Waals surface area contributed by atoms with Gasteiger partial charge in [0.15, 0.2) is 0 Å². The largest absolute Gasteiger partial charge is 0.480 e. The van der Waals surface area contributed by atoms with Crippen molar-refractivity contribution in [2.24, 2.45) is 0 Å². The molecule has 0 aliphatic rings. The zero-order valence-electron chi connectivity index (χ0n) is 9.86. The minimum atomic E-state index is -1.03. The van der Waals surface area contributed by atoms with Crippen LogP contribution in [-0.2, 0) is 4.79 Å². The van der Waals surface area contributed by atoms with Gasteiger partial charge >= 0.3 is 12.0 Å². The molecule has 5 nitrogen and oxygen atoms in total. The van der Waals surface area contributed by atoms with E-state index in [-0.39, 0.29) is 18.6 Å². The van der Waals surface area contributed by atoms with E-state index in [4.69, 9.17) is 11.5 Å². The molecule has 0 bridgehead atoms. The molecule has 0 aromatic heterocycles. The number of carboxylic acid groups (broad SMARTS) is 1.